The summed E-state index contributed by atoms with van der Waals surface area (Å²) in [4.78, 5) is 11.5. The number of hydrogen-bond acceptors (Lipinski definition) is 3. The minimum absolute atomic E-state index is 0.136. The topological polar surface area (TPSA) is 72.9 Å². The summed E-state index contributed by atoms with van der Waals surface area (Å²) in [5.74, 6) is -1.45. The van der Waals surface area contributed by atoms with Crippen molar-refractivity contribution in [2.24, 2.45) is 5.73 Å². The normalized spacial score (nSPS) is 10.6. The summed E-state index contributed by atoms with van der Waals surface area (Å²) in [6.45, 7) is 0.511. The van der Waals surface area contributed by atoms with E-state index >= 15 is 0 Å². The van der Waals surface area contributed by atoms with Gasteiger partial charge in [-0.25, -0.2) is 9.07 Å². The van der Waals surface area contributed by atoms with E-state index in [0.717, 1.165) is 11.3 Å². The second-order valence-corrected chi connectivity index (χ2v) is 6.40. The number of anilines is 1. The Hall–Kier alpha value is -2.67. The van der Waals surface area contributed by atoms with Gasteiger partial charge in [-0.2, -0.15) is 5.10 Å². The number of amides is 1. The summed E-state index contributed by atoms with van der Waals surface area (Å²) in [5, 5.41) is 7.40. The van der Waals surface area contributed by atoms with Gasteiger partial charge in [0.05, 0.1) is 23.1 Å². The molecule has 128 valence electrons. The van der Waals surface area contributed by atoms with Crippen LogP contribution in [0.2, 0.25) is 0 Å². The average Bonchev–Trinajstić information content (AvgIpc) is 3.03. The van der Waals surface area contributed by atoms with Crippen LogP contribution in [-0.4, -0.2) is 22.2 Å². The maximum Gasteiger partial charge on any atom is 0.253 e. The summed E-state index contributed by atoms with van der Waals surface area (Å²) < 4.78 is 16.2. The molecule has 0 atom stereocenters. The Labute approximate surface area is 152 Å². The first-order chi connectivity index (χ1) is 12.0. The Balaban J connectivity index is 1.68. The molecule has 2 aromatic carbocycles. The Bertz CT molecular complexity index is 895. The maximum absolute atomic E-state index is 13.9. The number of rotatable bonds is 6. The fourth-order valence-electron chi connectivity index (χ4n) is 2.52. The molecule has 0 radical (unpaired) electrons. The van der Waals surface area contributed by atoms with Crippen molar-refractivity contribution in [1.82, 2.24) is 9.78 Å². The molecule has 1 heterocycles. The van der Waals surface area contributed by atoms with Crippen LogP contribution in [0.1, 0.15) is 15.9 Å². The van der Waals surface area contributed by atoms with Crippen LogP contribution in [-0.2, 0) is 6.42 Å². The van der Waals surface area contributed by atoms with Crippen LogP contribution in [0.25, 0.3) is 5.69 Å². The lowest BCUT2D eigenvalue weighted by atomic mass is 10.1. The first-order valence-electron chi connectivity index (χ1n) is 7.66. The number of halogens is 2. The van der Waals surface area contributed by atoms with Gasteiger partial charge in [-0.3, -0.25) is 4.79 Å². The van der Waals surface area contributed by atoms with E-state index in [9.17, 15) is 9.18 Å². The van der Waals surface area contributed by atoms with Crippen molar-refractivity contribution in [1.29, 1.82) is 0 Å². The largest absolute Gasteiger partial charge is 0.384 e. The zero-order valence-corrected chi connectivity index (χ0v) is 14.8. The van der Waals surface area contributed by atoms with Crippen molar-refractivity contribution in [3.63, 3.8) is 0 Å². The third kappa shape index (κ3) is 4.06. The van der Waals surface area contributed by atoms with Gasteiger partial charge in [0.25, 0.3) is 5.91 Å². The van der Waals surface area contributed by atoms with E-state index < -0.39 is 11.7 Å². The Kier molecular flexibility index (Phi) is 5.14. The first-order valence-corrected chi connectivity index (χ1v) is 8.45. The molecule has 25 heavy (non-hydrogen) atoms. The second kappa shape index (κ2) is 7.48. The van der Waals surface area contributed by atoms with Crippen LogP contribution in [0.4, 0.5) is 10.1 Å². The number of aromatic nitrogens is 2. The molecular formula is C18H16BrFN4O. The van der Waals surface area contributed by atoms with Gasteiger partial charge in [-0.15, -0.1) is 0 Å². The molecule has 3 rings (SSSR count). The highest BCUT2D eigenvalue weighted by Crippen LogP contribution is 2.24. The molecular weight excluding hydrogens is 387 g/mol. The molecule has 5 nitrogen and oxygen atoms in total. The molecule has 7 heteroatoms. The number of hydrogen-bond donors (Lipinski definition) is 2. The van der Waals surface area contributed by atoms with Crippen molar-refractivity contribution >= 4 is 27.5 Å². The molecule has 3 N–H and O–H groups in total. The van der Waals surface area contributed by atoms with Crippen molar-refractivity contribution in [2.75, 3.05) is 11.9 Å². The fraction of sp³-hybridized carbons (Fsp3) is 0.111. The number of benzene rings is 2. The molecule has 0 bridgehead atoms. The van der Waals surface area contributed by atoms with Gasteiger partial charge in [0, 0.05) is 17.2 Å². The molecule has 0 saturated carbocycles. The van der Waals surface area contributed by atoms with Crippen LogP contribution in [0.5, 0.6) is 0 Å². The smallest absolute Gasteiger partial charge is 0.253 e. The van der Waals surface area contributed by atoms with E-state index in [4.69, 9.17) is 5.73 Å². The van der Waals surface area contributed by atoms with E-state index in [0.29, 0.717) is 23.1 Å². The molecule has 3 aromatic rings. The highest BCUT2D eigenvalue weighted by Gasteiger charge is 2.15. The van der Waals surface area contributed by atoms with Gasteiger partial charge in [0.2, 0.25) is 0 Å². The highest BCUT2D eigenvalue weighted by atomic mass is 79.9. The van der Waals surface area contributed by atoms with Gasteiger partial charge in [-0.05, 0) is 36.2 Å². The van der Waals surface area contributed by atoms with E-state index in [1.54, 1.807) is 16.9 Å². The maximum atomic E-state index is 13.9. The minimum atomic E-state index is -0.801. The quantitative estimate of drug-likeness (QED) is 0.662. The van der Waals surface area contributed by atoms with E-state index in [1.807, 2.05) is 36.5 Å². The van der Waals surface area contributed by atoms with Crippen molar-refractivity contribution < 1.29 is 9.18 Å². The lowest BCUT2D eigenvalue weighted by Crippen LogP contribution is -2.17. The molecule has 0 aliphatic carbocycles. The fourth-order valence-corrected chi connectivity index (χ4v) is 2.95. The standard InChI is InChI=1S/C18H16BrFN4O/c19-13-8-15(20)17(18(21)25)16(9-13)22-7-6-12-10-23-24(11-12)14-4-2-1-3-5-14/h1-5,8-11,22H,6-7H2,(H2,21,25). The van der Waals surface area contributed by atoms with Gasteiger partial charge in [-0.1, -0.05) is 34.1 Å². The van der Waals surface area contributed by atoms with Gasteiger partial charge >= 0.3 is 0 Å². The predicted octanol–water partition coefficient (Wildman–Crippen LogP) is 3.53. The van der Waals surface area contributed by atoms with Gasteiger partial charge in [0.15, 0.2) is 0 Å². The molecule has 0 fully saturated rings. The second-order valence-electron chi connectivity index (χ2n) is 5.48. The number of primary amides is 1. The van der Waals surface area contributed by atoms with Crippen LogP contribution >= 0.6 is 15.9 Å². The Morgan fingerprint density at radius 1 is 1.28 bits per heavy atom. The van der Waals surface area contributed by atoms with Crippen molar-refractivity contribution in [3.8, 4) is 5.69 Å². The molecule has 0 aliphatic heterocycles. The molecule has 0 unspecified atom stereocenters. The summed E-state index contributed by atoms with van der Waals surface area (Å²) in [5.41, 5.74) is 7.50. The van der Waals surface area contributed by atoms with Crippen molar-refractivity contribution in [3.05, 3.63) is 76.3 Å². The molecule has 1 amide bonds. The van der Waals surface area contributed by atoms with E-state index in [-0.39, 0.29) is 5.56 Å². The number of nitrogens with two attached hydrogens (primary N) is 1. The third-order valence-corrected chi connectivity index (χ3v) is 4.15. The zero-order chi connectivity index (χ0) is 17.8. The van der Waals surface area contributed by atoms with Crippen LogP contribution in [0.3, 0.4) is 0 Å². The van der Waals surface area contributed by atoms with E-state index in [1.165, 1.54) is 6.07 Å². The number of nitrogens with one attached hydrogen (secondary N) is 1. The predicted molar refractivity (Wildman–Crippen MR) is 98.4 cm³/mol. The van der Waals surface area contributed by atoms with Crippen molar-refractivity contribution in [2.45, 2.75) is 6.42 Å². The SMILES string of the molecule is NC(=O)c1c(F)cc(Br)cc1NCCc1cnn(-c2ccccc2)c1. The van der Waals surface area contributed by atoms with Gasteiger partial charge < -0.3 is 11.1 Å². The summed E-state index contributed by atoms with van der Waals surface area (Å²) in [7, 11) is 0. The number of carbonyl (C=O) groups excluding carboxylic acids is 1. The number of carbonyl (C=O) groups is 1. The lowest BCUT2D eigenvalue weighted by molar-refractivity contribution is 0.0997. The minimum Gasteiger partial charge on any atom is -0.384 e. The molecule has 0 aliphatic rings. The van der Waals surface area contributed by atoms with Crippen LogP contribution in [0.15, 0.2) is 59.3 Å². The summed E-state index contributed by atoms with van der Waals surface area (Å²) >= 11 is 3.22. The molecule has 0 spiro atoms. The monoisotopic (exact) mass is 402 g/mol. The number of nitrogens with zero attached hydrogens (tertiary/aromatic N) is 2. The van der Waals surface area contributed by atoms with Crippen LogP contribution < -0.4 is 11.1 Å². The Morgan fingerprint density at radius 2 is 2.04 bits per heavy atom. The highest BCUT2D eigenvalue weighted by molar-refractivity contribution is 9.10. The Morgan fingerprint density at radius 3 is 2.76 bits per heavy atom. The summed E-state index contributed by atoms with van der Waals surface area (Å²) in [6.07, 6.45) is 4.39. The molecule has 1 aromatic heterocycles. The zero-order valence-electron chi connectivity index (χ0n) is 13.2. The summed E-state index contributed by atoms with van der Waals surface area (Å²) in [6, 6.07) is 12.6. The lowest BCUT2D eigenvalue weighted by Gasteiger charge is -2.11. The average molecular weight is 403 g/mol. The van der Waals surface area contributed by atoms with E-state index in [2.05, 4.69) is 26.3 Å². The number of para-hydroxylation sites is 1. The third-order valence-electron chi connectivity index (χ3n) is 3.69. The molecule has 0 saturated heterocycles. The van der Waals surface area contributed by atoms with Crippen LogP contribution in [0, 0.1) is 5.82 Å². The van der Waals surface area contributed by atoms with Gasteiger partial charge in [0.1, 0.15) is 5.82 Å². The first kappa shape index (κ1) is 17.2.